The van der Waals surface area contributed by atoms with E-state index in [0.29, 0.717) is 36.8 Å². The minimum atomic E-state index is -0.490. The summed E-state index contributed by atoms with van der Waals surface area (Å²) in [5.74, 6) is -0.928. The number of likely N-dealkylation sites (tertiary alicyclic amines) is 1. The van der Waals surface area contributed by atoms with Gasteiger partial charge in [0.1, 0.15) is 11.6 Å². The van der Waals surface area contributed by atoms with E-state index in [-0.39, 0.29) is 23.3 Å². The lowest BCUT2D eigenvalue weighted by molar-refractivity contribution is 0.182. The van der Waals surface area contributed by atoms with Crippen molar-refractivity contribution in [2.45, 2.75) is 18.9 Å². The summed E-state index contributed by atoms with van der Waals surface area (Å²) < 4.78 is 28.6. The average Bonchev–Trinajstić information content (AvgIpc) is 2.70. The molecule has 0 aliphatic carbocycles. The molecule has 28 heavy (non-hydrogen) atoms. The van der Waals surface area contributed by atoms with Crippen LogP contribution in [0.25, 0.3) is 10.9 Å². The zero-order valence-corrected chi connectivity index (χ0v) is 14.9. The maximum atomic E-state index is 13.7. The number of hydrogen-bond acceptors (Lipinski definition) is 3. The number of para-hydroxylation sites is 1. The average molecular weight is 384 g/mol. The predicted molar refractivity (Wildman–Crippen MR) is 101 cm³/mol. The number of anilines is 1. The molecular weight excluding hydrogens is 366 g/mol. The number of carbonyl (C=O) groups is 1. The number of halogens is 2. The standard InChI is InChI=1S/C20H18F2N4O2/c21-13-5-6-15-18(11-13)23-12-26(19(15)27)14-7-9-25(10-8-14)20(28)24-17-4-2-1-3-16(17)22/h1-6,11-12,14H,7-10H2,(H,24,28). The summed E-state index contributed by atoms with van der Waals surface area (Å²) in [6.45, 7) is 0.859. The van der Waals surface area contributed by atoms with Crippen LogP contribution in [-0.2, 0) is 0 Å². The summed E-state index contributed by atoms with van der Waals surface area (Å²) in [5.41, 5.74) is 0.235. The van der Waals surface area contributed by atoms with Crippen LogP contribution in [0.2, 0.25) is 0 Å². The van der Waals surface area contributed by atoms with Gasteiger partial charge in [0.2, 0.25) is 0 Å². The number of fused-ring (bicyclic) bond motifs is 1. The number of piperidine rings is 1. The molecule has 6 nitrogen and oxygen atoms in total. The molecule has 3 aromatic rings. The molecule has 0 saturated carbocycles. The number of nitrogens with zero attached hydrogens (tertiary/aromatic N) is 3. The molecule has 4 rings (SSSR count). The van der Waals surface area contributed by atoms with Crippen LogP contribution in [0.1, 0.15) is 18.9 Å². The van der Waals surface area contributed by atoms with Gasteiger partial charge in [-0.15, -0.1) is 0 Å². The van der Waals surface area contributed by atoms with Gasteiger partial charge in [-0.3, -0.25) is 9.36 Å². The molecule has 2 heterocycles. The van der Waals surface area contributed by atoms with E-state index in [1.165, 1.54) is 36.7 Å². The van der Waals surface area contributed by atoms with Crippen molar-refractivity contribution in [2.24, 2.45) is 0 Å². The molecule has 1 aromatic heterocycles. The molecule has 144 valence electrons. The largest absolute Gasteiger partial charge is 0.324 e. The van der Waals surface area contributed by atoms with Crippen LogP contribution in [0.4, 0.5) is 19.3 Å². The summed E-state index contributed by atoms with van der Waals surface area (Å²) in [4.78, 5) is 30.8. The minimum Gasteiger partial charge on any atom is -0.324 e. The Hall–Kier alpha value is -3.29. The molecule has 8 heteroatoms. The quantitative estimate of drug-likeness (QED) is 0.735. The van der Waals surface area contributed by atoms with E-state index in [1.807, 2.05) is 0 Å². The molecule has 0 atom stereocenters. The number of rotatable bonds is 2. The van der Waals surface area contributed by atoms with E-state index in [4.69, 9.17) is 0 Å². The Morgan fingerprint density at radius 2 is 1.86 bits per heavy atom. The summed E-state index contributed by atoms with van der Waals surface area (Å²) in [6, 6.07) is 9.43. The molecule has 1 N–H and O–H groups in total. The number of amides is 2. The van der Waals surface area contributed by atoms with E-state index < -0.39 is 11.6 Å². The van der Waals surface area contributed by atoms with Crippen molar-refractivity contribution in [2.75, 3.05) is 18.4 Å². The number of urea groups is 1. The van der Waals surface area contributed by atoms with Crippen LogP contribution in [0.5, 0.6) is 0 Å². The molecule has 0 spiro atoms. The third-order valence-electron chi connectivity index (χ3n) is 5.01. The molecule has 2 amide bonds. The summed E-state index contributed by atoms with van der Waals surface area (Å²) in [5, 5.41) is 2.94. The molecule has 0 bridgehead atoms. The monoisotopic (exact) mass is 384 g/mol. The Kier molecular flexibility index (Phi) is 4.77. The number of benzene rings is 2. The smallest absolute Gasteiger partial charge is 0.321 e. The lowest BCUT2D eigenvalue weighted by Gasteiger charge is -2.32. The summed E-state index contributed by atoms with van der Waals surface area (Å²) in [6.07, 6.45) is 2.57. The van der Waals surface area contributed by atoms with Crippen LogP contribution in [0.3, 0.4) is 0 Å². The van der Waals surface area contributed by atoms with Crippen LogP contribution in [0, 0.1) is 11.6 Å². The lowest BCUT2D eigenvalue weighted by Crippen LogP contribution is -2.43. The first-order valence-corrected chi connectivity index (χ1v) is 9.00. The molecular formula is C20H18F2N4O2. The zero-order valence-electron chi connectivity index (χ0n) is 14.9. The van der Waals surface area contributed by atoms with Gasteiger partial charge in [-0.05, 0) is 37.1 Å². The minimum absolute atomic E-state index is 0.105. The van der Waals surface area contributed by atoms with Crippen molar-refractivity contribution >= 4 is 22.6 Å². The van der Waals surface area contributed by atoms with Gasteiger partial charge in [-0.1, -0.05) is 12.1 Å². The highest BCUT2D eigenvalue weighted by atomic mass is 19.1. The molecule has 1 saturated heterocycles. The molecule has 2 aromatic carbocycles. The van der Waals surface area contributed by atoms with Crippen molar-refractivity contribution in [1.82, 2.24) is 14.5 Å². The van der Waals surface area contributed by atoms with Gasteiger partial charge in [0.15, 0.2) is 0 Å². The first-order chi connectivity index (χ1) is 13.5. The van der Waals surface area contributed by atoms with E-state index >= 15 is 0 Å². The fraction of sp³-hybridized carbons (Fsp3) is 0.250. The van der Waals surface area contributed by atoms with E-state index in [1.54, 1.807) is 21.6 Å². The van der Waals surface area contributed by atoms with Gasteiger partial charge in [0, 0.05) is 25.2 Å². The fourth-order valence-corrected chi connectivity index (χ4v) is 3.47. The topological polar surface area (TPSA) is 67.2 Å². The number of nitrogens with one attached hydrogen (secondary N) is 1. The number of hydrogen-bond donors (Lipinski definition) is 1. The third kappa shape index (κ3) is 3.45. The molecule has 1 aliphatic heterocycles. The maximum Gasteiger partial charge on any atom is 0.321 e. The Morgan fingerprint density at radius 3 is 2.61 bits per heavy atom. The molecule has 0 unspecified atom stereocenters. The predicted octanol–water partition coefficient (Wildman–Crippen LogP) is 3.54. The number of aromatic nitrogens is 2. The second-order valence-electron chi connectivity index (χ2n) is 6.75. The van der Waals surface area contributed by atoms with Crippen molar-refractivity contribution in [3.05, 3.63) is 70.8 Å². The molecule has 1 aliphatic rings. The van der Waals surface area contributed by atoms with Gasteiger partial charge < -0.3 is 10.2 Å². The highest BCUT2D eigenvalue weighted by molar-refractivity contribution is 5.89. The second-order valence-corrected chi connectivity index (χ2v) is 6.75. The van der Waals surface area contributed by atoms with Crippen LogP contribution < -0.4 is 10.9 Å². The maximum absolute atomic E-state index is 13.7. The fourth-order valence-electron chi connectivity index (χ4n) is 3.47. The van der Waals surface area contributed by atoms with Crippen molar-refractivity contribution in [3.8, 4) is 0 Å². The normalized spacial score (nSPS) is 15.0. The van der Waals surface area contributed by atoms with Gasteiger partial charge >= 0.3 is 6.03 Å². The SMILES string of the molecule is O=C(Nc1ccccc1F)N1CCC(n2cnc3cc(F)ccc3c2=O)CC1. The van der Waals surface area contributed by atoms with Crippen LogP contribution in [-0.4, -0.2) is 33.6 Å². The highest BCUT2D eigenvalue weighted by Gasteiger charge is 2.25. The number of carbonyl (C=O) groups excluding carboxylic acids is 1. The van der Waals surface area contributed by atoms with Crippen molar-refractivity contribution in [1.29, 1.82) is 0 Å². The summed E-state index contributed by atoms with van der Waals surface area (Å²) in [7, 11) is 0. The Bertz CT molecular complexity index is 1090. The van der Waals surface area contributed by atoms with Gasteiger partial charge in [-0.25, -0.2) is 18.6 Å². The Morgan fingerprint density at radius 1 is 1.11 bits per heavy atom. The highest BCUT2D eigenvalue weighted by Crippen LogP contribution is 2.23. The summed E-state index contributed by atoms with van der Waals surface area (Å²) >= 11 is 0. The Balaban J connectivity index is 1.45. The van der Waals surface area contributed by atoms with E-state index in [9.17, 15) is 18.4 Å². The van der Waals surface area contributed by atoms with E-state index in [2.05, 4.69) is 10.3 Å². The van der Waals surface area contributed by atoms with Gasteiger partial charge in [0.05, 0.1) is 22.9 Å². The van der Waals surface area contributed by atoms with Gasteiger partial charge in [0.25, 0.3) is 5.56 Å². The second kappa shape index (κ2) is 7.38. The lowest BCUT2D eigenvalue weighted by atomic mass is 10.0. The first kappa shape index (κ1) is 18.1. The van der Waals surface area contributed by atoms with Crippen molar-refractivity contribution < 1.29 is 13.6 Å². The van der Waals surface area contributed by atoms with Crippen LogP contribution >= 0.6 is 0 Å². The Labute approximate surface area is 159 Å². The van der Waals surface area contributed by atoms with Crippen molar-refractivity contribution in [3.63, 3.8) is 0 Å². The first-order valence-electron chi connectivity index (χ1n) is 9.00. The van der Waals surface area contributed by atoms with Crippen LogP contribution in [0.15, 0.2) is 53.6 Å². The van der Waals surface area contributed by atoms with E-state index in [0.717, 1.165) is 0 Å². The third-order valence-corrected chi connectivity index (χ3v) is 5.01. The molecule has 0 radical (unpaired) electrons. The molecule has 1 fully saturated rings. The van der Waals surface area contributed by atoms with Gasteiger partial charge in [-0.2, -0.15) is 0 Å². The zero-order chi connectivity index (χ0) is 19.7.